The lowest BCUT2D eigenvalue weighted by Crippen LogP contribution is -2.55. The maximum Gasteiger partial charge on any atom is 0.0300 e. The Kier molecular flexibility index (Phi) is 5.83. The van der Waals surface area contributed by atoms with Crippen molar-refractivity contribution in [2.24, 2.45) is 0 Å². The van der Waals surface area contributed by atoms with Gasteiger partial charge in [-0.05, 0) is 52.9 Å². The van der Waals surface area contributed by atoms with Crippen LogP contribution in [-0.4, -0.2) is 37.1 Å². The number of hydrogen-bond acceptors (Lipinski definition) is 2. The van der Waals surface area contributed by atoms with Gasteiger partial charge in [-0.1, -0.05) is 37.3 Å². The van der Waals surface area contributed by atoms with Crippen molar-refractivity contribution in [2.75, 3.05) is 20.6 Å². The van der Waals surface area contributed by atoms with Gasteiger partial charge in [0.1, 0.15) is 0 Å². The van der Waals surface area contributed by atoms with Gasteiger partial charge in [-0.15, -0.1) is 0 Å². The molecule has 0 saturated heterocycles. The van der Waals surface area contributed by atoms with Crippen molar-refractivity contribution in [3.8, 4) is 0 Å². The van der Waals surface area contributed by atoms with E-state index in [-0.39, 0.29) is 5.54 Å². The van der Waals surface area contributed by atoms with Crippen molar-refractivity contribution in [1.29, 1.82) is 0 Å². The summed E-state index contributed by atoms with van der Waals surface area (Å²) in [6.45, 7) is 7.83. The van der Waals surface area contributed by atoms with E-state index in [9.17, 15) is 0 Å². The van der Waals surface area contributed by atoms with Gasteiger partial charge in [0.15, 0.2) is 0 Å². The lowest BCUT2D eigenvalue weighted by Gasteiger charge is -2.40. The third-order valence-corrected chi connectivity index (χ3v) is 4.02. The number of nitrogens with one attached hydrogen (secondary N) is 1. The molecule has 2 heteroatoms. The first kappa shape index (κ1) is 15.2. The van der Waals surface area contributed by atoms with E-state index in [0.29, 0.717) is 6.04 Å². The van der Waals surface area contributed by atoms with Gasteiger partial charge in [0, 0.05) is 11.6 Å². The van der Waals surface area contributed by atoms with Gasteiger partial charge in [0.05, 0.1) is 0 Å². The predicted molar refractivity (Wildman–Crippen MR) is 80.0 cm³/mol. The Morgan fingerprint density at radius 1 is 1.17 bits per heavy atom. The molecule has 18 heavy (non-hydrogen) atoms. The molecule has 0 fully saturated rings. The van der Waals surface area contributed by atoms with Crippen LogP contribution in [0.5, 0.6) is 0 Å². The summed E-state index contributed by atoms with van der Waals surface area (Å²) < 4.78 is 0. The van der Waals surface area contributed by atoms with Crippen LogP contribution in [0.2, 0.25) is 0 Å². The Morgan fingerprint density at radius 2 is 1.78 bits per heavy atom. The van der Waals surface area contributed by atoms with Gasteiger partial charge in [-0.3, -0.25) is 0 Å². The number of hydrogen-bond donors (Lipinski definition) is 1. The van der Waals surface area contributed by atoms with E-state index in [1.54, 1.807) is 0 Å². The molecule has 2 nitrogen and oxygen atoms in total. The molecule has 0 radical (unpaired) electrons. The number of nitrogens with zero attached hydrogens (tertiary/aromatic N) is 1. The largest absolute Gasteiger partial charge is 0.312 e. The van der Waals surface area contributed by atoms with Crippen LogP contribution in [0.1, 0.15) is 32.8 Å². The third kappa shape index (κ3) is 4.11. The maximum atomic E-state index is 3.63. The van der Waals surface area contributed by atoms with Gasteiger partial charge in [-0.2, -0.15) is 0 Å². The maximum absolute atomic E-state index is 3.63. The van der Waals surface area contributed by atoms with Crippen LogP contribution in [0.4, 0.5) is 0 Å². The van der Waals surface area contributed by atoms with Crippen LogP contribution < -0.4 is 5.32 Å². The molecule has 0 aromatic heterocycles. The molecule has 1 atom stereocenters. The zero-order valence-electron chi connectivity index (χ0n) is 12.5. The van der Waals surface area contributed by atoms with Crippen molar-refractivity contribution >= 4 is 0 Å². The second-order valence-corrected chi connectivity index (χ2v) is 5.68. The first-order valence-corrected chi connectivity index (χ1v) is 6.93. The van der Waals surface area contributed by atoms with Gasteiger partial charge in [0.25, 0.3) is 0 Å². The predicted octanol–water partition coefficient (Wildman–Crippen LogP) is 2.94. The lowest BCUT2D eigenvalue weighted by molar-refractivity contribution is 0.133. The highest BCUT2D eigenvalue weighted by atomic mass is 15.2. The smallest absolute Gasteiger partial charge is 0.0300 e. The molecule has 0 amide bonds. The van der Waals surface area contributed by atoms with E-state index in [2.05, 4.69) is 75.4 Å². The average molecular weight is 248 g/mol. The SMILES string of the molecule is CCNC(CCc1ccccc1)C(C)(C)N(C)C. The number of benzene rings is 1. The third-order valence-electron chi connectivity index (χ3n) is 4.02. The second-order valence-electron chi connectivity index (χ2n) is 5.68. The van der Waals surface area contributed by atoms with Gasteiger partial charge in [-0.25, -0.2) is 0 Å². The van der Waals surface area contributed by atoms with Crippen LogP contribution in [0.3, 0.4) is 0 Å². The molecule has 0 saturated carbocycles. The normalized spacial score (nSPS) is 13.9. The Hall–Kier alpha value is -0.860. The molecule has 0 aliphatic carbocycles. The van der Waals surface area contributed by atoms with E-state index in [4.69, 9.17) is 0 Å². The van der Waals surface area contributed by atoms with Gasteiger partial charge < -0.3 is 10.2 Å². The summed E-state index contributed by atoms with van der Waals surface area (Å²) in [6.07, 6.45) is 2.30. The van der Waals surface area contributed by atoms with Gasteiger partial charge in [0.2, 0.25) is 0 Å². The Morgan fingerprint density at radius 3 is 2.28 bits per heavy atom. The van der Waals surface area contributed by atoms with Crippen LogP contribution in [-0.2, 0) is 6.42 Å². The van der Waals surface area contributed by atoms with E-state index in [1.165, 1.54) is 12.0 Å². The monoisotopic (exact) mass is 248 g/mol. The van der Waals surface area contributed by atoms with Crippen LogP contribution in [0, 0.1) is 0 Å². The molecule has 0 heterocycles. The minimum atomic E-state index is 0.171. The first-order valence-electron chi connectivity index (χ1n) is 6.93. The molecule has 0 bridgehead atoms. The molecule has 102 valence electrons. The lowest BCUT2D eigenvalue weighted by atomic mass is 9.88. The topological polar surface area (TPSA) is 15.3 Å². The number of rotatable bonds is 7. The minimum Gasteiger partial charge on any atom is -0.312 e. The van der Waals surface area contributed by atoms with Crippen molar-refractivity contribution in [3.63, 3.8) is 0 Å². The van der Waals surface area contributed by atoms with Crippen molar-refractivity contribution in [3.05, 3.63) is 35.9 Å². The Bertz CT molecular complexity index is 330. The molecule has 1 N–H and O–H groups in total. The molecule has 0 aliphatic heterocycles. The van der Waals surface area contributed by atoms with Crippen molar-refractivity contribution < 1.29 is 0 Å². The molecule has 0 aliphatic rings. The fourth-order valence-electron chi connectivity index (χ4n) is 2.22. The molecule has 1 rings (SSSR count). The number of aryl methyl sites for hydroxylation is 1. The van der Waals surface area contributed by atoms with Crippen molar-refractivity contribution in [1.82, 2.24) is 10.2 Å². The summed E-state index contributed by atoms with van der Waals surface area (Å²) in [7, 11) is 4.32. The standard InChI is InChI=1S/C16H28N2/c1-6-17-15(16(2,3)18(4)5)13-12-14-10-8-7-9-11-14/h7-11,15,17H,6,12-13H2,1-5H3. The Balaban J connectivity index is 2.64. The summed E-state index contributed by atoms with van der Waals surface area (Å²) in [5, 5.41) is 3.63. The summed E-state index contributed by atoms with van der Waals surface area (Å²) in [6, 6.07) is 11.3. The molecular weight excluding hydrogens is 220 g/mol. The van der Waals surface area contributed by atoms with E-state index >= 15 is 0 Å². The van der Waals surface area contributed by atoms with E-state index in [1.807, 2.05) is 0 Å². The molecule has 0 spiro atoms. The van der Waals surface area contributed by atoms with Gasteiger partial charge >= 0.3 is 0 Å². The average Bonchev–Trinajstić information content (AvgIpc) is 2.35. The second kappa shape index (κ2) is 6.91. The van der Waals surface area contributed by atoms with Crippen LogP contribution >= 0.6 is 0 Å². The summed E-state index contributed by atoms with van der Waals surface area (Å²) in [4.78, 5) is 2.31. The van der Waals surface area contributed by atoms with Crippen LogP contribution in [0.15, 0.2) is 30.3 Å². The Labute approximate surface area is 112 Å². The molecule has 1 aromatic rings. The highest BCUT2D eigenvalue weighted by Gasteiger charge is 2.30. The van der Waals surface area contributed by atoms with Crippen molar-refractivity contribution in [2.45, 2.75) is 45.2 Å². The highest BCUT2D eigenvalue weighted by molar-refractivity contribution is 5.15. The quantitative estimate of drug-likeness (QED) is 0.798. The number of likely N-dealkylation sites (N-methyl/N-ethyl adjacent to an activating group) is 2. The molecule has 1 unspecified atom stereocenters. The minimum absolute atomic E-state index is 0.171. The van der Waals surface area contributed by atoms with E-state index < -0.39 is 0 Å². The van der Waals surface area contributed by atoms with Crippen LogP contribution in [0.25, 0.3) is 0 Å². The summed E-state index contributed by atoms with van der Waals surface area (Å²) in [5.74, 6) is 0. The zero-order valence-corrected chi connectivity index (χ0v) is 12.5. The fourth-order valence-corrected chi connectivity index (χ4v) is 2.22. The molecular formula is C16H28N2. The highest BCUT2D eigenvalue weighted by Crippen LogP contribution is 2.20. The summed E-state index contributed by atoms with van der Waals surface area (Å²) in [5.41, 5.74) is 1.60. The van der Waals surface area contributed by atoms with E-state index in [0.717, 1.165) is 13.0 Å². The molecule has 1 aromatic carbocycles. The first-order chi connectivity index (χ1) is 8.48. The fraction of sp³-hybridized carbons (Fsp3) is 0.625. The summed E-state index contributed by atoms with van der Waals surface area (Å²) >= 11 is 0. The zero-order chi connectivity index (χ0) is 13.6.